The van der Waals surface area contributed by atoms with Gasteiger partial charge in [0.05, 0.1) is 29.3 Å². The summed E-state index contributed by atoms with van der Waals surface area (Å²) in [6, 6.07) is 12.4. The van der Waals surface area contributed by atoms with Gasteiger partial charge in [-0.3, -0.25) is 4.79 Å². The number of nitrogens with one attached hydrogen (secondary N) is 1. The Kier molecular flexibility index (Phi) is 5.39. The predicted molar refractivity (Wildman–Crippen MR) is 97.0 cm³/mol. The van der Waals surface area contributed by atoms with Gasteiger partial charge in [0.1, 0.15) is 0 Å². The molecule has 1 N–H and O–H groups in total. The third kappa shape index (κ3) is 3.85. The lowest BCUT2D eigenvalue weighted by Crippen LogP contribution is -2.29. The van der Waals surface area contributed by atoms with E-state index in [4.69, 9.17) is 16.3 Å². The Morgan fingerprint density at radius 2 is 1.96 bits per heavy atom. The number of hydrogen-bond acceptors (Lipinski definition) is 3. The lowest BCUT2D eigenvalue weighted by Gasteiger charge is -2.20. The molecule has 5 heteroatoms. The molecule has 0 saturated heterocycles. The van der Waals surface area contributed by atoms with E-state index in [0.29, 0.717) is 16.1 Å². The molecule has 2 aromatic carbocycles. The number of carbonyl (C=O) groups is 2. The fourth-order valence-corrected chi connectivity index (χ4v) is 3.46. The van der Waals surface area contributed by atoms with Crippen LogP contribution in [-0.4, -0.2) is 19.0 Å². The lowest BCUT2D eigenvalue weighted by molar-refractivity contribution is 0.0600. The second-order valence-electron chi connectivity index (χ2n) is 6.16. The summed E-state index contributed by atoms with van der Waals surface area (Å²) in [4.78, 5) is 24.5. The monoisotopic (exact) mass is 357 g/mol. The molecule has 0 bridgehead atoms. The molecule has 0 radical (unpaired) electrons. The summed E-state index contributed by atoms with van der Waals surface area (Å²) < 4.78 is 4.82. The van der Waals surface area contributed by atoms with Crippen molar-refractivity contribution in [2.24, 2.45) is 0 Å². The highest BCUT2D eigenvalue weighted by Crippen LogP contribution is 2.30. The van der Waals surface area contributed by atoms with Gasteiger partial charge in [0.25, 0.3) is 5.91 Å². The maximum Gasteiger partial charge on any atom is 0.337 e. The third-order valence-electron chi connectivity index (χ3n) is 4.56. The number of esters is 1. The van der Waals surface area contributed by atoms with Gasteiger partial charge in [-0.1, -0.05) is 36.2 Å². The van der Waals surface area contributed by atoms with Crippen LogP contribution in [0, 0.1) is 0 Å². The largest absolute Gasteiger partial charge is 0.465 e. The first-order valence-corrected chi connectivity index (χ1v) is 8.74. The zero-order chi connectivity index (χ0) is 17.8. The fourth-order valence-electron chi connectivity index (χ4n) is 3.24. The smallest absolute Gasteiger partial charge is 0.337 e. The van der Waals surface area contributed by atoms with Gasteiger partial charge in [-0.2, -0.15) is 0 Å². The van der Waals surface area contributed by atoms with E-state index in [0.717, 1.165) is 36.8 Å². The molecule has 1 atom stereocenters. The van der Waals surface area contributed by atoms with E-state index in [1.54, 1.807) is 30.3 Å². The Morgan fingerprint density at radius 3 is 2.72 bits per heavy atom. The van der Waals surface area contributed by atoms with Crippen LogP contribution in [0.1, 0.15) is 57.1 Å². The number of aryl methyl sites for hydroxylation is 1. The molecule has 130 valence electrons. The van der Waals surface area contributed by atoms with E-state index in [2.05, 4.69) is 5.32 Å². The van der Waals surface area contributed by atoms with Gasteiger partial charge in [-0.15, -0.1) is 0 Å². The second-order valence-corrected chi connectivity index (χ2v) is 6.56. The highest BCUT2D eigenvalue weighted by atomic mass is 35.5. The van der Waals surface area contributed by atoms with Crippen molar-refractivity contribution in [3.8, 4) is 0 Å². The summed E-state index contributed by atoms with van der Waals surface area (Å²) in [5.74, 6) is -0.574. The molecular formula is C20H20ClNO3. The molecular weight excluding hydrogens is 338 g/mol. The lowest BCUT2D eigenvalue weighted by atomic mass is 9.96. The van der Waals surface area contributed by atoms with Crippen LogP contribution in [0.3, 0.4) is 0 Å². The highest BCUT2D eigenvalue weighted by Gasteiger charge is 2.23. The average molecular weight is 358 g/mol. The molecule has 1 amide bonds. The molecule has 0 aliphatic heterocycles. The summed E-state index contributed by atoms with van der Waals surface area (Å²) in [5, 5.41) is 3.51. The van der Waals surface area contributed by atoms with E-state index in [9.17, 15) is 9.59 Å². The number of fused-ring (bicyclic) bond motifs is 1. The molecule has 2 aromatic rings. The third-order valence-corrected chi connectivity index (χ3v) is 4.88. The van der Waals surface area contributed by atoms with Gasteiger partial charge in [0.2, 0.25) is 0 Å². The van der Waals surface area contributed by atoms with Gasteiger partial charge in [-0.05, 0) is 54.7 Å². The molecule has 4 nitrogen and oxygen atoms in total. The number of amides is 1. The molecule has 0 fully saturated rings. The zero-order valence-corrected chi connectivity index (χ0v) is 14.8. The standard InChI is InChI=1S/C20H20ClNO3/c1-25-20(24)14-11-10-13-6-2-5-9-18(16(13)12-14)22-19(23)15-7-3-4-8-17(15)21/h3-4,7-8,10-12,18H,2,5-6,9H2,1H3,(H,22,23). The number of methoxy groups -OCH3 is 1. The first-order valence-electron chi connectivity index (χ1n) is 8.36. The summed E-state index contributed by atoms with van der Waals surface area (Å²) in [7, 11) is 1.37. The summed E-state index contributed by atoms with van der Waals surface area (Å²) >= 11 is 6.13. The first kappa shape index (κ1) is 17.5. The van der Waals surface area contributed by atoms with Gasteiger partial charge >= 0.3 is 5.97 Å². The quantitative estimate of drug-likeness (QED) is 0.657. The predicted octanol–water partition coefficient (Wildman–Crippen LogP) is 4.32. The van der Waals surface area contributed by atoms with Crippen LogP contribution in [0.4, 0.5) is 0 Å². The van der Waals surface area contributed by atoms with Crippen molar-refractivity contribution >= 4 is 23.5 Å². The van der Waals surface area contributed by atoms with E-state index >= 15 is 0 Å². The minimum absolute atomic E-state index is 0.147. The minimum Gasteiger partial charge on any atom is -0.465 e. The van der Waals surface area contributed by atoms with Crippen LogP contribution in [0.2, 0.25) is 5.02 Å². The molecule has 3 rings (SSSR count). The van der Waals surface area contributed by atoms with E-state index in [-0.39, 0.29) is 17.9 Å². The number of carbonyl (C=O) groups excluding carboxylic acids is 2. The van der Waals surface area contributed by atoms with Gasteiger partial charge in [-0.25, -0.2) is 4.79 Å². The molecule has 25 heavy (non-hydrogen) atoms. The van der Waals surface area contributed by atoms with Crippen molar-refractivity contribution in [1.29, 1.82) is 0 Å². The Balaban J connectivity index is 1.91. The second kappa shape index (κ2) is 7.70. The first-order chi connectivity index (χ1) is 12.1. The normalized spacial score (nSPS) is 16.5. The molecule has 1 unspecified atom stereocenters. The molecule has 0 aromatic heterocycles. The van der Waals surface area contributed by atoms with Crippen molar-refractivity contribution in [3.05, 3.63) is 69.7 Å². The maximum atomic E-state index is 12.6. The molecule has 0 heterocycles. The van der Waals surface area contributed by atoms with Gasteiger partial charge < -0.3 is 10.1 Å². The Hall–Kier alpha value is -2.33. The SMILES string of the molecule is COC(=O)c1ccc2c(c1)C(NC(=O)c1ccccc1Cl)CCCC2. The van der Waals surface area contributed by atoms with Gasteiger partial charge in [0.15, 0.2) is 0 Å². The number of hydrogen-bond donors (Lipinski definition) is 1. The topological polar surface area (TPSA) is 55.4 Å². The fraction of sp³-hybridized carbons (Fsp3) is 0.300. The minimum atomic E-state index is -0.372. The van der Waals surface area contributed by atoms with Crippen LogP contribution in [0.15, 0.2) is 42.5 Å². The van der Waals surface area contributed by atoms with Crippen LogP contribution < -0.4 is 5.32 Å². The van der Waals surface area contributed by atoms with Crippen molar-refractivity contribution < 1.29 is 14.3 Å². The Morgan fingerprint density at radius 1 is 1.16 bits per heavy atom. The van der Waals surface area contributed by atoms with E-state index in [1.165, 1.54) is 7.11 Å². The zero-order valence-electron chi connectivity index (χ0n) is 14.0. The highest BCUT2D eigenvalue weighted by molar-refractivity contribution is 6.33. The molecule has 0 saturated carbocycles. The van der Waals surface area contributed by atoms with E-state index < -0.39 is 0 Å². The van der Waals surface area contributed by atoms with Crippen LogP contribution >= 0.6 is 11.6 Å². The van der Waals surface area contributed by atoms with Gasteiger partial charge in [0, 0.05) is 0 Å². The number of rotatable bonds is 3. The summed E-state index contributed by atoms with van der Waals surface area (Å²) in [5.41, 5.74) is 3.11. The maximum absolute atomic E-state index is 12.6. The average Bonchev–Trinajstić information content (AvgIpc) is 2.83. The van der Waals surface area contributed by atoms with Crippen LogP contribution in [0.5, 0.6) is 0 Å². The van der Waals surface area contributed by atoms with Crippen LogP contribution in [-0.2, 0) is 11.2 Å². The Labute approximate surface area is 152 Å². The van der Waals surface area contributed by atoms with Crippen molar-refractivity contribution in [3.63, 3.8) is 0 Å². The van der Waals surface area contributed by atoms with E-state index in [1.807, 2.05) is 12.1 Å². The summed E-state index contributed by atoms with van der Waals surface area (Å²) in [6.45, 7) is 0. The number of benzene rings is 2. The van der Waals surface area contributed by atoms with Crippen molar-refractivity contribution in [1.82, 2.24) is 5.32 Å². The molecule has 0 spiro atoms. The van der Waals surface area contributed by atoms with Crippen LogP contribution in [0.25, 0.3) is 0 Å². The molecule has 1 aliphatic carbocycles. The number of ether oxygens (including phenoxy) is 1. The van der Waals surface area contributed by atoms with Crippen molar-refractivity contribution in [2.75, 3.05) is 7.11 Å². The van der Waals surface area contributed by atoms with Crippen molar-refractivity contribution in [2.45, 2.75) is 31.7 Å². The molecule has 1 aliphatic rings. The Bertz CT molecular complexity index is 803. The summed E-state index contributed by atoms with van der Waals surface area (Å²) in [6.07, 6.45) is 3.84. The number of halogens is 1.